The fraction of sp³-hybridized carbons (Fsp3) is 0.694. The van der Waals surface area contributed by atoms with E-state index in [-0.39, 0.29) is 82.3 Å². The second-order valence-corrected chi connectivity index (χ2v) is 11.9. The van der Waals surface area contributed by atoms with Gasteiger partial charge in [0.05, 0.1) is 0 Å². The summed E-state index contributed by atoms with van der Waals surface area (Å²) in [6.45, 7) is 4.91. The number of imide groups is 1. The van der Waals surface area contributed by atoms with Crippen LogP contribution in [0, 0.1) is 0 Å². The highest BCUT2D eigenvalue weighted by Gasteiger charge is 2.35. The number of unbranched alkanes of at least 4 members (excludes halogenated alkanes) is 8. The van der Waals surface area contributed by atoms with Crippen LogP contribution in [0.25, 0.3) is 0 Å². The molecule has 0 aromatic carbocycles. The van der Waals surface area contributed by atoms with Crippen LogP contribution in [0.15, 0.2) is 24.3 Å². The van der Waals surface area contributed by atoms with E-state index in [0.717, 1.165) is 25.7 Å². The number of hydroxylamine groups is 2. The molecule has 0 spiro atoms. The summed E-state index contributed by atoms with van der Waals surface area (Å²) in [6, 6.07) is 0. The number of esters is 2. The molecular weight excluding hydrogens is 650 g/mol. The number of nitrogens with one attached hydrogen (secondary N) is 2. The maximum atomic E-state index is 12.9. The molecule has 14 heteroatoms. The lowest BCUT2D eigenvalue weighted by Crippen LogP contribution is -2.41. The van der Waals surface area contributed by atoms with E-state index >= 15 is 0 Å². The van der Waals surface area contributed by atoms with E-state index in [2.05, 4.69) is 24.5 Å². The van der Waals surface area contributed by atoms with Crippen LogP contribution in [-0.4, -0.2) is 79.2 Å². The molecule has 4 amide bonds. The van der Waals surface area contributed by atoms with Crippen LogP contribution in [0.1, 0.15) is 129 Å². The second-order valence-electron chi connectivity index (χ2n) is 11.9. The number of hydrogen-bond donors (Lipinski definition) is 2. The van der Waals surface area contributed by atoms with E-state index in [1.165, 1.54) is 38.5 Å². The minimum absolute atomic E-state index is 0.0448. The van der Waals surface area contributed by atoms with E-state index in [4.69, 9.17) is 19.0 Å². The summed E-state index contributed by atoms with van der Waals surface area (Å²) in [5, 5.41) is 5.48. The van der Waals surface area contributed by atoms with E-state index in [1.807, 2.05) is 18.2 Å². The highest BCUT2D eigenvalue weighted by Crippen LogP contribution is 2.14. The van der Waals surface area contributed by atoms with E-state index in [0.29, 0.717) is 6.42 Å². The third-order valence-corrected chi connectivity index (χ3v) is 7.54. The van der Waals surface area contributed by atoms with Crippen molar-refractivity contribution in [2.45, 2.75) is 136 Å². The Balaban J connectivity index is 2.44. The Morgan fingerprint density at radius 2 is 1.20 bits per heavy atom. The van der Waals surface area contributed by atoms with Gasteiger partial charge in [0.15, 0.2) is 6.10 Å². The van der Waals surface area contributed by atoms with E-state index in [1.54, 1.807) is 6.08 Å². The van der Waals surface area contributed by atoms with Crippen molar-refractivity contribution >= 4 is 41.7 Å². The molecule has 1 heterocycles. The predicted octanol–water partition coefficient (Wildman–Crippen LogP) is 5.28. The first-order valence-corrected chi connectivity index (χ1v) is 18.1. The van der Waals surface area contributed by atoms with Crippen LogP contribution >= 0.6 is 0 Å². The number of rotatable bonds is 28. The highest BCUT2D eigenvalue weighted by molar-refractivity contribution is 6.01. The van der Waals surface area contributed by atoms with Crippen molar-refractivity contribution < 1.29 is 52.6 Å². The van der Waals surface area contributed by atoms with Crippen molar-refractivity contribution in [1.82, 2.24) is 15.7 Å². The Morgan fingerprint density at radius 3 is 1.72 bits per heavy atom. The number of nitrogens with zero attached hydrogens (tertiary/aromatic N) is 1. The van der Waals surface area contributed by atoms with Crippen molar-refractivity contribution in [3.8, 4) is 0 Å². The average Bonchev–Trinajstić information content (AvgIpc) is 3.41. The quantitative estimate of drug-likeness (QED) is 0.0354. The first kappa shape index (κ1) is 43.8. The van der Waals surface area contributed by atoms with Gasteiger partial charge in [-0.25, -0.2) is 4.79 Å². The van der Waals surface area contributed by atoms with Gasteiger partial charge in [0.2, 0.25) is 5.91 Å². The molecule has 1 atom stereocenters. The summed E-state index contributed by atoms with van der Waals surface area (Å²) in [5.74, 6) is -3.47. The molecule has 0 aliphatic carbocycles. The summed E-state index contributed by atoms with van der Waals surface area (Å²) >= 11 is 0. The number of amides is 4. The van der Waals surface area contributed by atoms with Crippen molar-refractivity contribution in [3.63, 3.8) is 0 Å². The molecular formula is C36H57N3O11. The summed E-state index contributed by atoms with van der Waals surface area (Å²) < 4.78 is 15.4. The molecule has 2 N–H and O–H groups in total. The molecule has 0 bridgehead atoms. The smallest absolute Gasteiger partial charge is 0.461 e. The molecule has 0 radical (unpaired) electrons. The van der Waals surface area contributed by atoms with Crippen molar-refractivity contribution in [2.75, 3.05) is 26.3 Å². The number of carbonyl (C=O) groups is 7. The maximum Gasteiger partial charge on any atom is 0.534 e. The normalized spacial score (nSPS) is 13.4. The second kappa shape index (κ2) is 28.6. The Morgan fingerprint density at radius 1 is 0.680 bits per heavy atom. The van der Waals surface area contributed by atoms with Crippen LogP contribution in [0.2, 0.25) is 0 Å². The number of carbonyl (C=O) groups excluding carboxylic acids is 7. The standard InChI is InChI=1S/C36H57N3O11/c1-3-5-7-9-11-13-15-27-47-33(43)19-17-25-37-30(40)22-21-29(49-36(46)50-39-31(41)23-24-32(39)42)35(45)38-26-18-20-34(44)48-28-16-14-12-10-8-6-4-2/h13-16,29H,3-12,17-28H2,1-2H3,(H,37,40)(H,38,45)/b15-13-,16-14-. The van der Waals surface area contributed by atoms with E-state index in [9.17, 15) is 33.6 Å². The molecule has 1 saturated heterocycles. The number of hydrogen-bond acceptors (Lipinski definition) is 11. The molecule has 50 heavy (non-hydrogen) atoms. The number of ether oxygens (including phenoxy) is 3. The molecule has 1 aliphatic heterocycles. The van der Waals surface area contributed by atoms with Crippen LogP contribution in [0.5, 0.6) is 0 Å². The Bertz CT molecular complexity index is 1110. The van der Waals surface area contributed by atoms with Gasteiger partial charge < -0.3 is 24.8 Å². The summed E-state index contributed by atoms with van der Waals surface area (Å²) in [4.78, 5) is 89.8. The van der Waals surface area contributed by atoms with Crippen molar-refractivity contribution in [3.05, 3.63) is 24.3 Å². The fourth-order valence-corrected chi connectivity index (χ4v) is 4.66. The van der Waals surface area contributed by atoms with Crippen molar-refractivity contribution in [1.29, 1.82) is 0 Å². The van der Waals surface area contributed by atoms with Gasteiger partial charge in [-0.05, 0) is 38.5 Å². The maximum absolute atomic E-state index is 12.9. The number of allylic oxidation sites excluding steroid dienone is 2. The highest BCUT2D eigenvalue weighted by atomic mass is 16.8. The topological polar surface area (TPSA) is 184 Å². The van der Waals surface area contributed by atoms with Crippen LogP contribution in [0.4, 0.5) is 4.79 Å². The molecule has 14 nitrogen and oxygen atoms in total. The zero-order valence-electron chi connectivity index (χ0n) is 29.9. The molecule has 1 fully saturated rings. The van der Waals surface area contributed by atoms with Gasteiger partial charge in [-0.3, -0.25) is 33.6 Å². The minimum Gasteiger partial charge on any atom is -0.461 e. The Labute approximate surface area is 296 Å². The third-order valence-electron chi connectivity index (χ3n) is 7.54. The molecule has 1 aliphatic rings. The lowest BCUT2D eigenvalue weighted by atomic mass is 10.1. The molecule has 0 aromatic heterocycles. The molecule has 0 saturated carbocycles. The third kappa shape index (κ3) is 22.4. The minimum atomic E-state index is -1.50. The Hall–Kier alpha value is -4.23. The Kier molecular flexibility index (Phi) is 25.0. The largest absolute Gasteiger partial charge is 0.534 e. The summed E-state index contributed by atoms with van der Waals surface area (Å²) in [7, 11) is 0. The lowest BCUT2D eigenvalue weighted by molar-refractivity contribution is -0.179. The summed E-state index contributed by atoms with van der Waals surface area (Å²) in [5.41, 5.74) is 0. The first-order chi connectivity index (χ1) is 24.2. The molecule has 0 aromatic rings. The molecule has 1 rings (SSSR count). The molecule has 1 unspecified atom stereocenters. The molecule has 282 valence electrons. The zero-order valence-corrected chi connectivity index (χ0v) is 29.9. The van der Waals surface area contributed by atoms with Crippen molar-refractivity contribution in [2.24, 2.45) is 0 Å². The van der Waals surface area contributed by atoms with Crippen LogP contribution < -0.4 is 10.6 Å². The summed E-state index contributed by atoms with van der Waals surface area (Å²) in [6.07, 6.45) is 15.9. The van der Waals surface area contributed by atoms with Gasteiger partial charge >= 0.3 is 18.1 Å². The monoisotopic (exact) mass is 707 g/mol. The van der Waals surface area contributed by atoms with E-state index < -0.39 is 41.9 Å². The van der Waals surface area contributed by atoms with Crippen LogP contribution in [-0.2, 0) is 47.8 Å². The van der Waals surface area contributed by atoms with Gasteiger partial charge in [0.1, 0.15) is 13.2 Å². The zero-order chi connectivity index (χ0) is 36.8. The van der Waals surface area contributed by atoms with Gasteiger partial charge in [-0.2, -0.15) is 0 Å². The van der Waals surface area contributed by atoms with Gasteiger partial charge in [-0.1, -0.05) is 81.7 Å². The fourth-order valence-electron chi connectivity index (χ4n) is 4.66. The SMILES string of the molecule is CCCCCC/C=C\COC(=O)CCCNC(=O)CCC(OC(=O)ON1C(=O)CCC1=O)C(=O)NCCCC(=O)OC/C=C\CCCCCC. The van der Waals surface area contributed by atoms with Gasteiger partial charge in [0.25, 0.3) is 17.7 Å². The van der Waals surface area contributed by atoms with Gasteiger partial charge in [-0.15, -0.1) is 0 Å². The van der Waals surface area contributed by atoms with Gasteiger partial charge in [0, 0.05) is 51.6 Å². The first-order valence-electron chi connectivity index (χ1n) is 18.1. The van der Waals surface area contributed by atoms with Crippen LogP contribution in [0.3, 0.4) is 0 Å². The average molecular weight is 708 g/mol. The lowest BCUT2D eigenvalue weighted by Gasteiger charge is -2.19. The predicted molar refractivity (Wildman–Crippen MR) is 184 cm³/mol.